The minimum Gasteiger partial charge on any atom is -0.465 e. The molecule has 0 aliphatic carbocycles. The van der Waals surface area contributed by atoms with E-state index in [0.29, 0.717) is 23.4 Å². The molecular formula is C24H28N2O3. The Balaban J connectivity index is 2.16. The first kappa shape index (κ1) is 20.6. The minimum atomic E-state index is -0.485. The summed E-state index contributed by atoms with van der Waals surface area (Å²) in [5.74, 6) is -0.650. The number of rotatable bonds is 4. The number of ether oxygens (including phenoxy) is 1. The number of hydrogen-bond donors (Lipinski definition) is 0. The van der Waals surface area contributed by atoms with Crippen LogP contribution in [-0.4, -0.2) is 35.0 Å². The van der Waals surface area contributed by atoms with Crippen molar-refractivity contribution in [2.24, 2.45) is 0 Å². The summed E-state index contributed by atoms with van der Waals surface area (Å²) in [6, 6.07) is 8.49. The molecule has 3 rings (SSSR count). The van der Waals surface area contributed by atoms with Gasteiger partial charge in [-0.25, -0.2) is 4.79 Å². The molecule has 0 saturated carbocycles. The fourth-order valence-corrected chi connectivity index (χ4v) is 4.18. The third kappa shape index (κ3) is 3.53. The Bertz CT molecular complexity index is 1050. The van der Waals surface area contributed by atoms with Gasteiger partial charge in [0.1, 0.15) is 0 Å². The largest absolute Gasteiger partial charge is 0.465 e. The first-order valence-electron chi connectivity index (χ1n) is 9.80. The number of amides is 1. The van der Waals surface area contributed by atoms with Crippen molar-refractivity contribution in [1.29, 1.82) is 0 Å². The lowest BCUT2D eigenvalue weighted by molar-refractivity contribution is -0.136. The third-order valence-corrected chi connectivity index (χ3v) is 5.45. The van der Waals surface area contributed by atoms with Crippen LogP contribution in [0.15, 0.2) is 41.1 Å². The van der Waals surface area contributed by atoms with Crippen molar-refractivity contribution in [3.05, 3.63) is 69.2 Å². The number of benzene rings is 1. The van der Waals surface area contributed by atoms with Crippen molar-refractivity contribution in [3.8, 4) is 5.69 Å². The van der Waals surface area contributed by atoms with Crippen molar-refractivity contribution in [3.63, 3.8) is 0 Å². The number of nitrogens with zero attached hydrogens (tertiary/aromatic N) is 2. The smallest absolute Gasteiger partial charge is 0.340 e. The summed E-state index contributed by atoms with van der Waals surface area (Å²) in [6.45, 7) is 12.4. The van der Waals surface area contributed by atoms with Crippen LogP contribution in [0.2, 0.25) is 0 Å². The SMILES string of the molecule is CCN1C(=O)C(=Cc2cc(C)n(-c3cc(C)cc(C)c3)c2C)C(C(=O)OC)=C1C. The summed E-state index contributed by atoms with van der Waals surface area (Å²) in [5.41, 5.74) is 7.85. The molecule has 29 heavy (non-hydrogen) atoms. The zero-order valence-electron chi connectivity index (χ0n) is 18.2. The maximum atomic E-state index is 12.9. The second kappa shape index (κ2) is 7.74. The zero-order valence-corrected chi connectivity index (χ0v) is 18.2. The first-order chi connectivity index (χ1) is 13.7. The molecule has 0 bridgehead atoms. The lowest BCUT2D eigenvalue weighted by atomic mass is 10.0. The van der Waals surface area contributed by atoms with Crippen LogP contribution in [0.25, 0.3) is 11.8 Å². The van der Waals surface area contributed by atoms with Crippen LogP contribution in [-0.2, 0) is 14.3 Å². The highest BCUT2D eigenvalue weighted by molar-refractivity contribution is 6.16. The Morgan fingerprint density at radius 2 is 1.66 bits per heavy atom. The van der Waals surface area contributed by atoms with Crippen LogP contribution in [0.3, 0.4) is 0 Å². The minimum absolute atomic E-state index is 0.165. The average Bonchev–Trinajstić information content (AvgIpc) is 3.06. The Morgan fingerprint density at radius 3 is 2.21 bits per heavy atom. The van der Waals surface area contributed by atoms with Gasteiger partial charge in [-0.05, 0) is 82.5 Å². The van der Waals surface area contributed by atoms with Gasteiger partial charge >= 0.3 is 5.97 Å². The molecule has 0 fully saturated rings. The van der Waals surface area contributed by atoms with Crippen LogP contribution in [0.4, 0.5) is 0 Å². The van der Waals surface area contributed by atoms with E-state index in [1.807, 2.05) is 32.9 Å². The topological polar surface area (TPSA) is 51.5 Å². The molecule has 2 aromatic rings. The molecule has 1 aromatic carbocycles. The lowest BCUT2D eigenvalue weighted by Crippen LogP contribution is -2.24. The summed E-state index contributed by atoms with van der Waals surface area (Å²) in [4.78, 5) is 26.9. The van der Waals surface area contributed by atoms with Crippen LogP contribution in [0, 0.1) is 27.7 Å². The number of likely N-dealkylation sites (N-methyl/N-ethyl adjacent to an activating group) is 1. The molecule has 0 saturated heterocycles. The number of carbonyl (C=O) groups excluding carboxylic acids is 2. The summed E-state index contributed by atoms with van der Waals surface area (Å²) < 4.78 is 7.13. The second-order valence-electron chi connectivity index (χ2n) is 7.57. The van der Waals surface area contributed by atoms with Gasteiger partial charge in [0.15, 0.2) is 0 Å². The monoisotopic (exact) mass is 392 g/mol. The number of carbonyl (C=O) groups is 2. The molecule has 1 aromatic heterocycles. The Morgan fingerprint density at radius 1 is 1.03 bits per heavy atom. The van der Waals surface area contributed by atoms with E-state index in [1.165, 1.54) is 18.2 Å². The number of allylic oxidation sites excluding steroid dienone is 1. The fraction of sp³-hybridized carbons (Fsp3) is 0.333. The van der Waals surface area contributed by atoms with E-state index >= 15 is 0 Å². The van der Waals surface area contributed by atoms with E-state index in [9.17, 15) is 9.59 Å². The first-order valence-corrected chi connectivity index (χ1v) is 9.80. The standard InChI is InChI=1S/C24H28N2O3/c1-8-25-18(6)22(24(28)29-7)21(23(25)27)13-19-12-16(4)26(17(19)5)20-10-14(2)9-15(3)11-20/h9-13H,8H2,1-7H3. The number of aromatic nitrogens is 1. The summed E-state index contributed by atoms with van der Waals surface area (Å²) in [6.07, 6.45) is 1.81. The molecule has 1 amide bonds. The van der Waals surface area contributed by atoms with Crippen LogP contribution in [0.5, 0.6) is 0 Å². The van der Waals surface area contributed by atoms with Gasteiger partial charge in [-0.1, -0.05) is 6.07 Å². The van der Waals surface area contributed by atoms with Crippen molar-refractivity contribution in [2.75, 3.05) is 13.7 Å². The summed E-state index contributed by atoms with van der Waals surface area (Å²) in [7, 11) is 1.34. The highest BCUT2D eigenvalue weighted by Gasteiger charge is 2.36. The molecule has 0 radical (unpaired) electrons. The number of esters is 1. The van der Waals surface area contributed by atoms with Crippen LogP contribution >= 0.6 is 0 Å². The van der Waals surface area contributed by atoms with Crippen LogP contribution < -0.4 is 0 Å². The number of aryl methyl sites for hydroxylation is 3. The van der Waals surface area contributed by atoms with Gasteiger partial charge < -0.3 is 14.2 Å². The molecule has 1 aliphatic heterocycles. The molecule has 1 aliphatic rings. The van der Waals surface area contributed by atoms with Gasteiger partial charge in [-0.2, -0.15) is 0 Å². The maximum absolute atomic E-state index is 12.9. The zero-order chi connectivity index (χ0) is 21.5. The maximum Gasteiger partial charge on any atom is 0.340 e. The van der Waals surface area contributed by atoms with Crippen molar-refractivity contribution >= 4 is 18.0 Å². The predicted molar refractivity (Wildman–Crippen MR) is 115 cm³/mol. The van der Waals surface area contributed by atoms with Gasteiger partial charge in [0, 0.05) is 29.3 Å². The van der Waals surface area contributed by atoms with E-state index in [0.717, 1.165) is 22.6 Å². The van der Waals surface area contributed by atoms with Crippen molar-refractivity contribution in [1.82, 2.24) is 9.47 Å². The average molecular weight is 392 g/mol. The molecule has 2 heterocycles. The second-order valence-corrected chi connectivity index (χ2v) is 7.57. The highest BCUT2D eigenvalue weighted by Crippen LogP contribution is 2.33. The Kier molecular flexibility index (Phi) is 5.51. The summed E-state index contributed by atoms with van der Waals surface area (Å²) >= 11 is 0. The van der Waals surface area contributed by atoms with Gasteiger partial charge in [0.05, 0.1) is 18.3 Å². The van der Waals surface area contributed by atoms with E-state index in [4.69, 9.17) is 4.74 Å². The fourth-order valence-electron chi connectivity index (χ4n) is 4.18. The highest BCUT2D eigenvalue weighted by atomic mass is 16.5. The molecule has 0 spiro atoms. The lowest BCUT2D eigenvalue weighted by Gasteiger charge is -2.14. The predicted octanol–water partition coefficient (Wildman–Crippen LogP) is 4.40. The molecule has 5 nitrogen and oxygen atoms in total. The van der Waals surface area contributed by atoms with Gasteiger partial charge in [0.25, 0.3) is 5.91 Å². The Labute approximate surface area is 172 Å². The third-order valence-electron chi connectivity index (χ3n) is 5.45. The van der Waals surface area contributed by atoms with E-state index in [2.05, 4.69) is 36.6 Å². The molecule has 0 N–H and O–H groups in total. The van der Waals surface area contributed by atoms with Gasteiger partial charge in [0.2, 0.25) is 0 Å². The van der Waals surface area contributed by atoms with Gasteiger partial charge in [-0.3, -0.25) is 4.79 Å². The van der Waals surface area contributed by atoms with Crippen LogP contribution in [0.1, 0.15) is 41.9 Å². The van der Waals surface area contributed by atoms with E-state index in [-0.39, 0.29) is 5.91 Å². The molecule has 0 unspecified atom stereocenters. The normalized spacial score (nSPS) is 15.6. The molecule has 152 valence electrons. The molecule has 5 heteroatoms. The quantitative estimate of drug-likeness (QED) is 0.572. The van der Waals surface area contributed by atoms with Gasteiger partial charge in [-0.15, -0.1) is 0 Å². The van der Waals surface area contributed by atoms with E-state index in [1.54, 1.807) is 11.8 Å². The molecular weight excluding hydrogens is 364 g/mol. The number of hydrogen-bond acceptors (Lipinski definition) is 3. The van der Waals surface area contributed by atoms with Crippen molar-refractivity contribution < 1.29 is 14.3 Å². The molecule has 0 atom stereocenters. The van der Waals surface area contributed by atoms with E-state index < -0.39 is 5.97 Å². The summed E-state index contributed by atoms with van der Waals surface area (Å²) in [5, 5.41) is 0. The van der Waals surface area contributed by atoms with Crippen molar-refractivity contribution in [2.45, 2.75) is 41.5 Å². The Hall–Kier alpha value is -3.08. The number of methoxy groups -OCH3 is 1.